The predicted octanol–water partition coefficient (Wildman–Crippen LogP) is 2.91. The van der Waals surface area contributed by atoms with Crippen LogP contribution in [0, 0.1) is 12.3 Å². The third-order valence-electron chi connectivity index (χ3n) is 2.02. The molecule has 0 saturated carbocycles. The van der Waals surface area contributed by atoms with Crippen LogP contribution in [0.2, 0.25) is 5.15 Å². The highest BCUT2D eigenvalue weighted by molar-refractivity contribution is 6.29. The van der Waals surface area contributed by atoms with Crippen molar-refractivity contribution in [3.05, 3.63) is 17.0 Å². The number of nitrogens with zero attached hydrogens (tertiary/aromatic N) is 2. The topological polar surface area (TPSA) is 37.8 Å². The number of hydrogen-bond donors (Lipinski definition) is 1. The average molecular weight is 238 g/mol. The second kappa shape index (κ2) is 5.18. The zero-order chi connectivity index (χ0) is 12.2. The molecule has 0 radical (unpaired) electrons. The van der Waals surface area contributed by atoms with Crippen molar-refractivity contribution in [3.8, 4) is 12.3 Å². The van der Waals surface area contributed by atoms with Crippen LogP contribution in [0.3, 0.4) is 0 Å². The van der Waals surface area contributed by atoms with Gasteiger partial charge in [0.2, 0.25) is 0 Å². The number of aromatic nitrogens is 2. The Morgan fingerprint density at radius 1 is 1.50 bits per heavy atom. The predicted molar refractivity (Wildman–Crippen MR) is 67.6 cm³/mol. The van der Waals surface area contributed by atoms with Crippen LogP contribution in [0.1, 0.15) is 33.0 Å². The lowest BCUT2D eigenvalue weighted by Gasteiger charge is -2.20. The maximum Gasteiger partial charge on any atom is 0.134 e. The van der Waals surface area contributed by atoms with Gasteiger partial charge in [0.05, 0.1) is 5.54 Å². The fraction of sp³-hybridized carbons (Fsp3) is 0.500. The summed E-state index contributed by atoms with van der Waals surface area (Å²) in [5, 5.41) is 3.57. The molecule has 0 unspecified atom stereocenters. The van der Waals surface area contributed by atoms with Crippen molar-refractivity contribution >= 4 is 17.4 Å². The van der Waals surface area contributed by atoms with Gasteiger partial charge in [-0.25, -0.2) is 9.97 Å². The van der Waals surface area contributed by atoms with E-state index < -0.39 is 5.54 Å². The van der Waals surface area contributed by atoms with E-state index in [1.54, 1.807) is 6.07 Å². The molecule has 0 atom stereocenters. The summed E-state index contributed by atoms with van der Waals surface area (Å²) in [5.41, 5.74) is -0.443. The highest BCUT2D eigenvalue weighted by Gasteiger charge is 2.14. The van der Waals surface area contributed by atoms with E-state index in [1.165, 1.54) is 0 Å². The Morgan fingerprint density at radius 2 is 2.19 bits per heavy atom. The second-order valence-electron chi connectivity index (χ2n) is 4.14. The van der Waals surface area contributed by atoms with Crippen molar-refractivity contribution in [2.45, 2.75) is 39.2 Å². The van der Waals surface area contributed by atoms with E-state index >= 15 is 0 Å². The molecular weight excluding hydrogens is 222 g/mol. The molecule has 1 aromatic rings. The van der Waals surface area contributed by atoms with E-state index in [4.69, 9.17) is 18.0 Å². The van der Waals surface area contributed by atoms with Gasteiger partial charge in [0.1, 0.15) is 16.8 Å². The molecule has 16 heavy (non-hydrogen) atoms. The van der Waals surface area contributed by atoms with Gasteiger partial charge < -0.3 is 5.32 Å². The number of anilines is 1. The summed E-state index contributed by atoms with van der Waals surface area (Å²) in [6.07, 6.45) is 7.20. The Hall–Kier alpha value is -1.27. The Bertz CT molecular complexity index is 407. The van der Waals surface area contributed by atoms with Crippen LogP contribution in [0.15, 0.2) is 6.07 Å². The summed E-state index contributed by atoms with van der Waals surface area (Å²) in [7, 11) is 0. The van der Waals surface area contributed by atoms with Gasteiger partial charge in [-0.05, 0) is 20.3 Å². The van der Waals surface area contributed by atoms with Crippen molar-refractivity contribution in [2.24, 2.45) is 0 Å². The molecule has 0 aliphatic heterocycles. The molecule has 1 rings (SSSR count). The van der Waals surface area contributed by atoms with Crippen molar-refractivity contribution in [1.82, 2.24) is 9.97 Å². The first-order valence-electron chi connectivity index (χ1n) is 5.26. The summed E-state index contributed by atoms with van der Waals surface area (Å²) in [5.74, 6) is 4.06. The lowest BCUT2D eigenvalue weighted by atomic mass is 10.1. The number of rotatable bonds is 4. The standard InChI is InChI=1S/C12H16ClN3/c1-5-7-10-14-9(13)8-11(15-10)16-12(3,4)6-2/h2,8H,5,7H2,1,3-4H3,(H,14,15,16). The molecule has 1 N–H and O–H groups in total. The number of terminal acetylenes is 1. The molecule has 0 spiro atoms. The van der Waals surface area contributed by atoms with Crippen molar-refractivity contribution in [3.63, 3.8) is 0 Å². The Balaban J connectivity index is 2.93. The van der Waals surface area contributed by atoms with Crippen molar-refractivity contribution in [1.29, 1.82) is 0 Å². The SMILES string of the molecule is C#CC(C)(C)Nc1cc(Cl)nc(CCC)n1. The zero-order valence-electron chi connectivity index (χ0n) is 9.84. The summed E-state index contributed by atoms with van der Waals surface area (Å²) < 4.78 is 0. The first kappa shape index (κ1) is 12.8. The minimum absolute atomic E-state index is 0.439. The molecule has 0 amide bonds. The van der Waals surface area contributed by atoms with Gasteiger partial charge >= 0.3 is 0 Å². The monoisotopic (exact) mass is 237 g/mol. The molecule has 0 fully saturated rings. The summed E-state index contributed by atoms with van der Waals surface area (Å²) in [6, 6.07) is 1.68. The molecule has 0 aliphatic carbocycles. The molecule has 1 aromatic heterocycles. The molecule has 0 aliphatic rings. The van der Waals surface area contributed by atoms with Crippen LogP contribution in [0.25, 0.3) is 0 Å². The minimum Gasteiger partial charge on any atom is -0.354 e. The van der Waals surface area contributed by atoms with E-state index in [-0.39, 0.29) is 0 Å². The number of hydrogen-bond acceptors (Lipinski definition) is 3. The second-order valence-corrected chi connectivity index (χ2v) is 4.52. The molecule has 1 heterocycles. The van der Waals surface area contributed by atoms with Gasteiger partial charge in [0.15, 0.2) is 0 Å². The number of aryl methyl sites for hydroxylation is 1. The van der Waals surface area contributed by atoms with Gasteiger partial charge in [0.25, 0.3) is 0 Å². The van der Waals surface area contributed by atoms with E-state index in [2.05, 4.69) is 28.1 Å². The Kier molecular flexibility index (Phi) is 4.14. The Morgan fingerprint density at radius 3 is 2.75 bits per heavy atom. The molecule has 86 valence electrons. The zero-order valence-corrected chi connectivity index (χ0v) is 10.6. The third kappa shape index (κ3) is 3.71. The van der Waals surface area contributed by atoms with Crippen molar-refractivity contribution in [2.75, 3.05) is 5.32 Å². The van der Waals surface area contributed by atoms with Gasteiger partial charge in [-0.3, -0.25) is 0 Å². The highest BCUT2D eigenvalue weighted by atomic mass is 35.5. The molecule has 0 aromatic carbocycles. The maximum atomic E-state index is 5.92. The molecular formula is C12H16ClN3. The lowest BCUT2D eigenvalue weighted by Crippen LogP contribution is -2.29. The normalized spacial score (nSPS) is 10.9. The number of nitrogens with one attached hydrogen (secondary N) is 1. The minimum atomic E-state index is -0.443. The molecule has 0 bridgehead atoms. The van der Waals surface area contributed by atoms with Crippen LogP contribution in [-0.4, -0.2) is 15.5 Å². The van der Waals surface area contributed by atoms with Crippen LogP contribution >= 0.6 is 11.6 Å². The van der Waals surface area contributed by atoms with Crippen LogP contribution in [-0.2, 0) is 6.42 Å². The quantitative estimate of drug-likeness (QED) is 0.646. The van der Waals surface area contributed by atoms with E-state index in [0.717, 1.165) is 18.7 Å². The van der Waals surface area contributed by atoms with E-state index in [1.807, 2.05) is 13.8 Å². The van der Waals surface area contributed by atoms with Crippen LogP contribution < -0.4 is 5.32 Å². The summed E-state index contributed by atoms with van der Waals surface area (Å²) in [4.78, 5) is 8.50. The van der Waals surface area contributed by atoms with Crippen molar-refractivity contribution < 1.29 is 0 Å². The number of halogens is 1. The molecule has 3 nitrogen and oxygen atoms in total. The fourth-order valence-corrected chi connectivity index (χ4v) is 1.42. The third-order valence-corrected chi connectivity index (χ3v) is 2.21. The maximum absolute atomic E-state index is 5.92. The van der Waals surface area contributed by atoms with E-state index in [9.17, 15) is 0 Å². The van der Waals surface area contributed by atoms with Crippen LogP contribution in [0.5, 0.6) is 0 Å². The highest BCUT2D eigenvalue weighted by Crippen LogP contribution is 2.16. The van der Waals surface area contributed by atoms with Gasteiger partial charge in [-0.15, -0.1) is 6.42 Å². The fourth-order valence-electron chi connectivity index (χ4n) is 1.22. The summed E-state index contributed by atoms with van der Waals surface area (Å²) >= 11 is 5.92. The molecule has 0 saturated heterocycles. The smallest absolute Gasteiger partial charge is 0.134 e. The Labute approximate surface area is 102 Å². The lowest BCUT2D eigenvalue weighted by molar-refractivity contribution is 0.730. The summed E-state index contributed by atoms with van der Waals surface area (Å²) in [6.45, 7) is 5.88. The largest absolute Gasteiger partial charge is 0.354 e. The first-order chi connectivity index (χ1) is 7.46. The van der Waals surface area contributed by atoms with E-state index in [0.29, 0.717) is 11.0 Å². The van der Waals surface area contributed by atoms with Gasteiger partial charge in [-0.1, -0.05) is 24.4 Å². The van der Waals surface area contributed by atoms with Gasteiger partial charge in [0, 0.05) is 12.5 Å². The van der Waals surface area contributed by atoms with Crippen LogP contribution in [0.4, 0.5) is 5.82 Å². The molecule has 4 heteroatoms. The first-order valence-corrected chi connectivity index (χ1v) is 5.64. The average Bonchev–Trinajstić information content (AvgIpc) is 2.16. The van der Waals surface area contributed by atoms with Gasteiger partial charge in [-0.2, -0.15) is 0 Å².